The third-order valence-electron chi connectivity index (χ3n) is 2.67. The van der Waals surface area contributed by atoms with Gasteiger partial charge in [0.2, 0.25) is 0 Å². The van der Waals surface area contributed by atoms with Crippen molar-refractivity contribution in [2.75, 3.05) is 17.3 Å². The summed E-state index contributed by atoms with van der Waals surface area (Å²) in [5, 5.41) is 12.4. The van der Waals surface area contributed by atoms with E-state index in [1.807, 2.05) is 20.8 Å². The van der Waals surface area contributed by atoms with Crippen molar-refractivity contribution in [3.63, 3.8) is 0 Å². The second-order valence-corrected chi connectivity index (χ2v) is 4.77. The van der Waals surface area contributed by atoms with Gasteiger partial charge in [0.15, 0.2) is 0 Å². The second-order valence-electron chi connectivity index (χ2n) is 4.77. The Morgan fingerprint density at radius 1 is 1.22 bits per heavy atom. The highest BCUT2D eigenvalue weighted by Gasteiger charge is 2.12. The van der Waals surface area contributed by atoms with Gasteiger partial charge >= 0.3 is 0 Å². The van der Waals surface area contributed by atoms with Crippen LogP contribution < -0.4 is 16.6 Å². The van der Waals surface area contributed by atoms with Crippen molar-refractivity contribution in [1.82, 2.24) is 9.97 Å². The zero-order valence-electron chi connectivity index (χ0n) is 11.5. The summed E-state index contributed by atoms with van der Waals surface area (Å²) in [4.78, 5) is 8.84. The van der Waals surface area contributed by atoms with Crippen molar-refractivity contribution >= 4 is 11.6 Å². The number of nitrogens with zero attached hydrogens (tertiary/aromatic N) is 2. The predicted octanol–water partition coefficient (Wildman–Crippen LogP) is 1.38. The molecule has 102 valence electrons. The average Bonchev–Trinajstić information content (AvgIpc) is 2.30. The van der Waals surface area contributed by atoms with E-state index in [0.717, 1.165) is 17.2 Å². The van der Waals surface area contributed by atoms with Crippen molar-refractivity contribution in [1.29, 1.82) is 0 Å². The Balaban J connectivity index is 2.91. The van der Waals surface area contributed by atoms with Crippen molar-refractivity contribution in [3.8, 4) is 0 Å². The molecule has 0 aliphatic carbocycles. The normalized spacial score (nSPS) is 12.6. The number of nitrogen functional groups attached to an aromatic ring is 1. The summed E-state index contributed by atoms with van der Waals surface area (Å²) in [6.07, 6.45) is 0.350. The third-order valence-corrected chi connectivity index (χ3v) is 2.67. The highest BCUT2D eigenvalue weighted by Crippen LogP contribution is 2.22. The quantitative estimate of drug-likeness (QED) is 0.452. The summed E-state index contributed by atoms with van der Waals surface area (Å²) < 4.78 is 0. The summed E-state index contributed by atoms with van der Waals surface area (Å²) in [6, 6.07) is 0. The van der Waals surface area contributed by atoms with E-state index in [4.69, 9.17) is 5.84 Å². The number of rotatable bonds is 6. The van der Waals surface area contributed by atoms with E-state index in [0.29, 0.717) is 18.8 Å². The molecule has 0 saturated heterocycles. The minimum absolute atomic E-state index is 0.231. The number of hydrazine groups is 1. The van der Waals surface area contributed by atoms with E-state index in [9.17, 15) is 5.11 Å². The number of hydrogen-bond acceptors (Lipinski definition) is 6. The van der Waals surface area contributed by atoms with E-state index in [1.165, 1.54) is 0 Å². The molecule has 1 atom stereocenters. The number of nitrogens with two attached hydrogens (primary N) is 1. The fourth-order valence-corrected chi connectivity index (χ4v) is 1.50. The van der Waals surface area contributed by atoms with Gasteiger partial charge in [-0.05, 0) is 20.3 Å². The summed E-state index contributed by atoms with van der Waals surface area (Å²) in [7, 11) is 0. The highest BCUT2D eigenvalue weighted by molar-refractivity contribution is 5.56. The van der Waals surface area contributed by atoms with Crippen molar-refractivity contribution in [2.24, 2.45) is 5.84 Å². The zero-order valence-corrected chi connectivity index (χ0v) is 11.5. The molecule has 0 amide bonds. The van der Waals surface area contributed by atoms with Crippen molar-refractivity contribution < 1.29 is 5.11 Å². The molecule has 1 heterocycles. The van der Waals surface area contributed by atoms with Crippen LogP contribution in [0.3, 0.4) is 0 Å². The monoisotopic (exact) mass is 253 g/mol. The lowest BCUT2D eigenvalue weighted by Crippen LogP contribution is -2.17. The average molecular weight is 253 g/mol. The first-order valence-electron chi connectivity index (χ1n) is 6.22. The Labute approximate surface area is 108 Å². The molecule has 6 heteroatoms. The first kappa shape index (κ1) is 14.7. The van der Waals surface area contributed by atoms with Gasteiger partial charge in [-0.3, -0.25) is 0 Å². The lowest BCUT2D eigenvalue weighted by Gasteiger charge is -2.15. The molecule has 0 aliphatic rings. The van der Waals surface area contributed by atoms with Gasteiger partial charge in [-0.25, -0.2) is 15.8 Å². The largest absolute Gasteiger partial charge is 0.393 e. The van der Waals surface area contributed by atoms with Gasteiger partial charge in [0.05, 0.1) is 6.10 Å². The maximum absolute atomic E-state index is 9.24. The van der Waals surface area contributed by atoms with E-state index in [1.54, 1.807) is 6.92 Å². The summed E-state index contributed by atoms with van der Waals surface area (Å²) in [6.45, 7) is 8.40. The van der Waals surface area contributed by atoms with Crippen molar-refractivity contribution in [3.05, 3.63) is 11.4 Å². The standard InChI is InChI=1S/C12H23N5O/c1-7(2)10-15-11(14-6-5-8(3)18)9(4)12(16-10)17-13/h7-8,18H,5-6,13H2,1-4H3,(H2,14,15,16,17). The Hall–Kier alpha value is -1.40. The van der Waals surface area contributed by atoms with Crippen LogP contribution in [0.5, 0.6) is 0 Å². The molecule has 5 N–H and O–H groups in total. The van der Waals surface area contributed by atoms with Crippen LogP contribution in [0, 0.1) is 6.92 Å². The Kier molecular flexibility index (Phi) is 5.30. The number of hydrogen-bond donors (Lipinski definition) is 4. The van der Waals surface area contributed by atoms with E-state index < -0.39 is 0 Å². The van der Waals surface area contributed by atoms with Crippen LogP contribution in [-0.2, 0) is 0 Å². The number of aromatic nitrogens is 2. The number of anilines is 2. The molecule has 0 radical (unpaired) electrons. The smallest absolute Gasteiger partial charge is 0.148 e. The van der Waals surface area contributed by atoms with Crippen LogP contribution in [0.4, 0.5) is 11.6 Å². The summed E-state index contributed by atoms with van der Waals surface area (Å²) >= 11 is 0. The molecule has 1 aromatic heterocycles. The molecule has 1 unspecified atom stereocenters. The highest BCUT2D eigenvalue weighted by atomic mass is 16.3. The minimum atomic E-state index is -0.323. The van der Waals surface area contributed by atoms with E-state index in [-0.39, 0.29) is 12.0 Å². The topological polar surface area (TPSA) is 96.1 Å². The molecule has 0 bridgehead atoms. The lowest BCUT2D eigenvalue weighted by atomic mass is 10.2. The van der Waals surface area contributed by atoms with Crippen LogP contribution in [0.1, 0.15) is 44.5 Å². The van der Waals surface area contributed by atoms with Gasteiger partial charge < -0.3 is 15.8 Å². The fourth-order valence-electron chi connectivity index (χ4n) is 1.50. The Morgan fingerprint density at radius 2 is 1.83 bits per heavy atom. The molecule has 0 saturated carbocycles. The van der Waals surface area contributed by atoms with Gasteiger partial charge in [0, 0.05) is 18.0 Å². The molecule has 18 heavy (non-hydrogen) atoms. The van der Waals surface area contributed by atoms with Crippen LogP contribution in [0.25, 0.3) is 0 Å². The molecular formula is C12H23N5O. The van der Waals surface area contributed by atoms with Crippen LogP contribution >= 0.6 is 0 Å². The molecule has 1 rings (SSSR count). The maximum atomic E-state index is 9.24. The second kappa shape index (κ2) is 6.51. The zero-order chi connectivity index (χ0) is 13.7. The Bertz CT molecular complexity index is 392. The summed E-state index contributed by atoms with van der Waals surface area (Å²) in [5.74, 6) is 7.83. The number of aliphatic hydroxyl groups is 1. The molecule has 0 fully saturated rings. The third kappa shape index (κ3) is 3.82. The molecule has 6 nitrogen and oxygen atoms in total. The van der Waals surface area contributed by atoms with Crippen molar-refractivity contribution in [2.45, 2.75) is 46.1 Å². The van der Waals surface area contributed by atoms with Gasteiger partial charge in [0.25, 0.3) is 0 Å². The molecule has 0 spiro atoms. The minimum Gasteiger partial charge on any atom is -0.393 e. The first-order valence-corrected chi connectivity index (χ1v) is 6.22. The maximum Gasteiger partial charge on any atom is 0.148 e. The number of nitrogens with one attached hydrogen (secondary N) is 2. The fraction of sp³-hybridized carbons (Fsp3) is 0.667. The van der Waals surface area contributed by atoms with E-state index >= 15 is 0 Å². The van der Waals surface area contributed by atoms with Gasteiger partial charge in [-0.2, -0.15) is 0 Å². The van der Waals surface area contributed by atoms with Crippen LogP contribution in [0.2, 0.25) is 0 Å². The summed E-state index contributed by atoms with van der Waals surface area (Å²) in [5.41, 5.74) is 3.47. The lowest BCUT2D eigenvalue weighted by molar-refractivity contribution is 0.188. The predicted molar refractivity (Wildman–Crippen MR) is 73.5 cm³/mol. The number of aliphatic hydroxyl groups excluding tert-OH is 1. The van der Waals surface area contributed by atoms with Gasteiger partial charge in [-0.1, -0.05) is 13.8 Å². The molecule has 0 aromatic carbocycles. The van der Waals surface area contributed by atoms with Gasteiger partial charge in [0.1, 0.15) is 17.5 Å². The first-order chi connectivity index (χ1) is 8.45. The Morgan fingerprint density at radius 3 is 2.33 bits per heavy atom. The van der Waals surface area contributed by atoms with E-state index in [2.05, 4.69) is 20.7 Å². The van der Waals surface area contributed by atoms with Crippen LogP contribution in [0.15, 0.2) is 0 Å². The molecular weight excluding hydrogens is 230 g/mol. The SMILES string of the molecule is Cc1c(NN)nc(C(C)C)nc1NCCC(C)O. The van der Waals surface area contributed by atoms with Gasteiger partial charge in [-0.15, -0.1) is 0 Å². The van der Waals surface area contributed by atoms with Crippen LogP contribution in [-0.4, -0.2) is 27.7 Å². The molecule has 1 aromatic rings. The molecule has 0 aliphatic heterocycles.